The second kappa shape index (κ2) is 7.09. The second-order valence-electron chi connectivity index (χ2n) is 4.71. The van der Waals surface area contributed by atoms with Gasteiger partial charge in [0.2, 0.25) is 0 Å². The number of nitrogens with one attached hydrogen (secondary N) is 2. The normalized spacial score (nSPS) is 11.2. The molecule has 0 aliphatic heterocycles. The fourth-order valence-electron chi connectivity index (χ4n) is 1.78. The Labute approximate surface area is 133 Å². The number of para-hydroxylation sites is 1. The van der Waals surface area contributed by atoms with Crippen molar-refractivity contribution in [1.82, 2.24) is 5.43 Å². The molecule has 22 heavy (non-hydrogen) atoms. The van der Waals surface area contributed by atoms with Crippen LogP contribution in [0.1, 0.15) is 18.1 Å². The zero-order valence-electron chi connectivity index (χ0n) is 12.2. The molecule has 0 saturated carbocycles. The minimum absolute atomic E-state index is 0.316. The highest BCUT2D eigenvalue weighted by Crippen LogP contribution is 2.13. The van der Waals surface area contributed by atoms with E-state index in [2.05, 4.69) is 15.8 Å². The Morgan fingerprint density at radius 3 is 2.50 bits per heavy atom. The maximum absolute atomic E-state index is 13.2. The minimum Gasteiger partial charge on any atom is -0.331 e. The van der Waals surface area contributed by atoms with E-state index in [9.17, 15) is 8.78 Å². The first-order valence-electron chi connectivity index (χ1n) is 6.59. The lowest BCUT2D eigenvalue weighted by Crippen LogP contribution is -2.25. The van der Waals surface area contributed by atoms with Crippen molar-refractivity contribution in [3.05, 3.63) is 65.2 Å². The largest absolute Gasteiger partial charge is 0.331 e. The summed E-state index contributed by atoms with van der Waals surface area (Å²) in [5.74, 6) is -1.80. The number of thiocarbonyl (C=S) groups is 1. The zero-order chi connectivity index (χ0) is 16.1. The Kier molecular flexibility index (Phi) is 5.16. The Hall–Kier alpha value is -2.34. The summed E-state index contributed by atoms with van der Waals surface area (Å²) in [5.41, 5.74) is 5.58. The number of rotatable bonds is 3. The van der Waals surface area contributed by atoms with E-state index in [-0.39, 0.29) is 0 Å². The predicted octanol–water partition coefficient (Wildman–Crippen LogP) is 3.98. The number of benzene rings is 2. The number of nitrogens with zero attached hydrogens (tertiary/aromatic N) is 1. The average molecular weight is 319 g/mol. The molecule has 3 nitrogen and oxygen atoms in total. The van der Waals surface area contributed by atoms with Crippen LogP contribution in [0.15, 0.2) is 47.6 Å². The second-order valence-corrected chi connectivity index (χ2v) is 5.12. The number of halogens is 2. The van der Waals surface area contributed by atoms with Crippen LogP contribution >= 0.6 is 12.2 Å². The summed E-state index contributed by atoms with van der Waals surface area (Å²) in [4.78, 5) is 0. The first kappa shape index (κ1) is 16.0. The quantitative estimate of drug-likeness (QED) is 0.510. The zero-order valence-corrected chi connectivity index (χ0v) is 13.0. The van der Waals surface area contributed by atoms with Crippen molar-refractivity contribution in [3.63, 3.8) is 0 Å². The average Bonchev–Trinajstić information content (AvgIpc) is 2.50. The van der Waals surface area contributed by atoms with E-state index in [1.807, 2.05) is 31.2 Å². The number of hydrogen-bond acceptors (Lipinski definition) is 2. The lowest BCUT2D eigenvalue weighted by molar-refractivity contribution is 0.508. The summed E-state index contributed by atoms with van der Waals surface area (Å²) in [6.45, 7) is 3.64. The number of hydrazone groups is 1. The molecule has 114 valence electrons. The predicted molar refractivity (Wildman–Crippen MR) is 89.1 cm³/mol. The Morgan fingerprint density at radius 1 is 1.09 bits per heavy atom. The SMILES string of the molecule is C/C(=N/NC(=S)Nc1ccccc1C)c1ccc(F)c(F)c1. The Morgan fingerprint density at radius 2 is 1.82 bits per heavy atom. The van der Waals surface area contributed by atoms with Gasteiger partial charge >= 0.3 is 0 Å². The van der Waals surface area contributed by atoms with Gasteiger partial charge in [-0.2, -0.15) is 5.10 Å². The number of hydrogen-bond donors (Lipinski definition) is 2. The van der Waals surface area contributed by atoms with Gasteiger partial charge in [0, 0.05) is 11.3 Å². The number of aryl methyl sites for hydroxylation is 1. The van der Waals surface area contributed by atoms with Gasteiger partial charge in [-0.3, -0.25) is 5.43 Å². The number of anilines is 1. The molecule has 0 spiro atoms. The highest BCUT2D eigenvalue weighted by Gasteiger charge is 2.05. The molecule has 0 aliphatic carbocycles. The molecular formula is C16H15F2N3S. The van der Waals surface area contributed by atoms with Crippen molar-refractivity contribution in [2.45, 2.75) is 13.8 Å². The van der Waals surface area contributed by atoms with Crippen molar-refractivity contribution in [2.24, 2.45) is 5.10 Å². The van der Waals surface area contributed by atoms with Crippen molar-refractivity contribution < 1.29 is 8.78 Å². The topological polar surface area (TPSA) is 36.4 Å². The molecule has 0 unspecified atom stereocenters. The van der Waals surface area contributed by atoms with Crippen LogP contribution in [-0.2, 0) is 0 Å². The van der Waals surface area contributed by atoms with Gasteiger partial charge in [0.1, 0.15) is 0 Å². The highest BCUT2D eigenvalue weighted by atomic mass is 32.1. The molecular weight excluding hydrogens is 304 g/mol. The molecule has 0 atom stereocenters. The van der Waals surface area contributed by atoms with Crippen LogP contribution in [0.25, 0.3) is 0 Å². The Balaban J connectivity index is 2.02. The summed E-state index contributed by atoms with van der Waals surface area (Å²) in [7, 11) is 0. The third-order valence-corrected chi connectivity index (χ3v) is 3.25. The highest BCUT2D eigenvalue weighted by molar-refractivity contribution is 7.80. The van der Waals surface area contributed by atoms with Crippen molar-refractivity contribution in [3.8, 4) is 0 Å². The van der Waals surface area contributed by atoms with Gasteiger partial charge in [0.05, 0.1) is 5.71 Å². The van der Waals surface area contributed by atoms with Crippen LogP contribution in [-0.4, -0.2) is 10.8 Å². The van der Waals surface area contributed by atoms with Crippen LogP contribution < -0.4 is 10.7 Å². The van der Waals surface area contributed by atoms with Gasteiger partial charge in [-0.1, -0.05) is 18.2 Å². The van der Waals surface area contributed by atoms with Crippen LogP contribution in [0.3, 0.4) is 0 Å². The third-order valence-electron chi connectivity index (χ3n) is 3.06. The molecule has 0 fully saturated rings. The molecule has 0 bridgehead atoms. The summed E-state index contributed by atoms with van der Waals surface area (Å²) >= 11 is 5.15. The smallest absolute Gasteiger partial charge is 0.191 e. The molecule has 0 saturated heterocycles. The van der Waals surface area contributed by atoms with Gasteiger partial charge < -0.3 is 5.32 Å². The molecule has 0 heterocycles. The molecule has 0 radical (unpaired) electrons. The van der Waals surface area contributed by atoms with E-state index in [0.29, 0.717) is 16.4 Å². The van der Waals surface area contributed by atoms with Crippen molar-refractivity contribution >= 4 is 28.7 Å². The summed E-state index contributed by atoms with van der Waals surface area (Å²) in [5, 5.41) is 7.40. The third kappa shape index (κ3) is 4.08. The van der Waals surface area contributed by atoms with Gasteiger partial charge in [-0.15, -0.1) is 0 Å². The first-order chi connectivity index (χ1) is 10.5. The van der Waals surface area contributed by atoms with Crippen LogP contribution in [0.5, 0.6) is 0 Å². The molecule has 0 aliphatic rings. The molecule has 6 heteroatoms. The van der Waals surface area contributed by atoms with Crippen LogP contribution in [0, 0.1) is 18.6 Å². The van der Waals surface area contributed by atoms with Crippen LogP contribution in [0.4, 0.5) is 14.5 Å². The van der Waals surface area contributed by atoms with Gasteiger partial charge in [0.15, 0.2) is 16.7 Å². The van der Waals surface area contributed by atoms with Crippen molar-refractivity contribution in [1.29, 1.82) is 0 Å². The van der Waals surface area contributed by atoms with Gasteiger partial charge in [-0.05, 0) is 55.9 Å². The van der Waals surface area contributed by atoms with E-state index < -0.39 is 11.6 Å². The molecule has 2 N–H and O–H groups in total. The molecule has 2 rings (SSSR count). The lowest BCUT2D eigenvalue weighted by Gasteiger charge is -2.10. The van der Waals surface area contributed by atoms with E-state index in [4.69, 9.17) is 12.2 Å². The van der Waals surface area contributed by atoms with Gasteiger partial charge in [-0.25, -0.2) is 8.78 Å². The van der Waals surface area contributed by atoms with Crippen molar-refractivity contribution in [2.75, 3.05) is 5.32 Å². The van der Waals surface area contributed by atoms with Gasteiger partial charge in [0.25, 0.3) is 0 Å². The Bertz CT molecular complexity index is 729. The van der Waals surface area contributed by atoms with E-state index in [0.717, 1.165) is 23.4 Å². The fraction of sp³-hybridized carbons (Fsp3) is 0.125. The van der Waals surface area contributed by atoms with E-state index >= 15 is 0 Å². The fourth-order valence-corrected chi connectivity index (χ4v) is 1.94. The molecule has 2 aromatic carbocycles. The minimum atomic E-state index is -0.910. The molecule has 0 aromatic heterocycles. The van der Waals surface area contributed by atoms with E-state index in [1.54, 1.807) is 6.92 Å². The maximum atomic E-state index is 13.2. The van der Waals surface area contributed by atoms with E-state index in [1.165, 1.54) is 6.07 Å². The van der Waals surface area contributed by atoms with Crippen LogP contribution in [0.2, 0.25) is 0 Å². The summed E-state index contributed by atoms with van der Waals surface area (Å²) in [6, 6.07) is 11.3. The monoisotopic (exact) mass is 319 g/mol. The maximum Gasteiger partial charge on any atom is 0.191 e. The molecule has 0 amide bonds. The summed E-state index contributed by atoms with van der Waals surface area (Å²) in [6.07, 6.45) is 0. The summed E-state index contributed by atoms with van der Waals surface area (Å²) < 4.78 is 26.1. The first-order valence-corrected chi connectivity index (χ1v) is 7.00. The standard InChI is InChI=1S/C16H15F2N3S/c1-10-5-3-4-6-15(10)19-16(22)21-20-11(2)12-7-8-13(17)14(18)9-12/h3-9H,1-2H3,(H2,19,21,22)/b20-11-. The lowest BCUT2D eigenvalue weighted by atomic mass is 10.1. The molecule has 2 aromatic rings.